The molecule has 0 aromatic rings. The largest absolute Gasteiger partial charge is 0.329 e. The number of rotatable bonds is 7. The highest BCUT2D eigenvalue weighted by molar-refractivity contribution is 4.89. The Morgan fingerprint density at radius 1 is 0.812 bits per heavy atom. The Labute approximate surface area is 102 Å². The van der Waals surface area contributed by atoms with Gasteiger partial charge in [-0.15, -0.1) is 0 Å². The molecule has 0 aromatic heterocycles. The van der Waals surface area contributed by atoms with Crippen LogP contribution in [0.15, 0.2) is 0 Å². The van der Waals surface area contributed by atoms with Gasteiger partial charge in [-0.1, -0.05) is 41.5 Å². The van der Waals surface area contributed by atoms with Gasteiger partial charge in [0.15, 0.2) is 0 Å². The zero-order chi connectivity index (χ0) is 12.9. The Morgan fingerprint density at radius 2 is 1.12 bits per heavy atom. The Morgan fingerprint density at radius 3 is 1.31 bits per heavy atom. The molecule has 0 bridgehead atoms. The first-order chi connectivity index (χ1) is 7.22. The molecule has 0 aliphatic heterocycles. The molecule has 0 amide bonds. The van der Waals surface area contributed by atoms with Crippen molar-refractivity contribution >= 4 is 0 Å². The van der Waals surface area contributed by atoms with E-state index in [2.05, 4.69) is 41.5 Å². The van der Waals surface area contributed by atoms with E-state index >= 15 is 0 Å². The van der Waals surface area contributed by atoms with Crippen LogP contribution in [0.25, 0.3) is 0 Å². The SMILES string of the molecule is CC(C)C(C)CC(N)(CN)CC(C)C(C)C. The maximum absolute atomic E-state index is 6.45. The highest BCUT2D eigenvalue weighted by atomic mass is 14.8. The lowest BCUT2D eigenvalue weighted by molar-refractivity contribution is 0.222. The fourth-order valence-corrected chi connectivity index (χ4v) is 2.00. The first-order valence-electron chi connectivity index (χ1n) is 6.70. The summed E-state index contributed by atoms with van der Waals surface area (Å²) < 4.78 is 0. The van der Waals surface area contributed by atoms with Crippen molar-refractivity contribution in [3.63, 3.8) is 0 Å². The first kappa shape index (κ1) is 15.9. The summed E-state index contributed by atoms with van der Waals surface area (Å²) in [7, 11) is 0. The van der Waals surface area contributed by atoms with Gasteiger partial charge in [0.25, 0.3) is 0 Å². The second-order valence-corrected chi connectivity index (χ2v) is 6.42. The quantitative estimate of drug-likeness (QED) is 0.704. The number of nitrogens with two attached hydrogens (primary N) is 2. The summed E-state index contributed by atoms with van der Waals surface area (Å²) in [5, 5.41) is 0. The Bertz CT molecular complexity index is 171. The van der Waals surface area contributed by atoms with E-state index in [0.717, 1.165) is 12.8 Å². The molecule has 0 radical (unpaired) electrons. The fourth-order valence-electron chi connectivity index (χ4n) is 2.00. The van der Waals surface area contributed by atoms with E-state index < -0.39 is 0 Å². The van der Waals surface area contributed by atoms with Crippen LogP contribution >= 0.6 is 0 Å². The Kier molecular flexibility index (Phi) is 6.57. The highest BCUT2D eigenvalue weighted by Gasteiger charge is 2.29. The fraction of sp³-hybridized carbons (Fsp3) is 1.00. The standard InChI is InChI=1S/C14H32N2/c1-10(2)12(5)7-14(16,9-15)8-13(6)11(3)4/h10-13H,7-9,15-16H2,1-6H3. The van der Waals surface area contributed by atoms with Crippen LogP contribution in [0.5, 0.6) is 0 Å². The van der Waals surface area contributed by atoms with Gasteiger partial charge in [-0.05, 0) is 36.5 Å². The van der Waals surface area contributed by atoms with Gasteiger partial charge in [0.1, 0.15) is 0 Å². The zero-order valence-corrected chi connectivity index (χ0v) is 12.1. The van der Waals surface area contributed by atoms with Crippen molar-refractivity contribution in [1.29, 1.82) is 0 Å². The second-order valence-electron chi connectivity index (χ2n) is 6.42. The molecular formula is C14H32N2. The summed E-state index contributed by atoms with van der Waals surface area (Å²) in [6.45, 7) is 14.2. The van der Waals surface area contributed by atoms with Crippen LogP contribution in [0.2, 0.25) is 0 Å². The number of hydrogen-bond acceptors (Lipinski definition) is 2. The lowest BCUT2D eigenvalue weighted by Gasteiger charge is -2.35. The van der Waals surface area contributed by atoms with Gasteiger partial charge in [0.2, 0.25) is 0 Å². The van der Waals surface area contributed by atoms with Gasteiger partial charge in [-0.3, -0.25) is 0 Å². The third-order valence-electron chi connectivity index (χ3n) is 4.14. The van der Waals surface area contributed by atoms with Gasteiger partial charge in [-0.2, -0.15) is 0 Å². The molecule has 0 fully saturated rings. The van der Waals surface area contributed by atoms with Crippen LogP contribution in [0, 0.1) is 23.7 Å². The molecular weight excluding hydrogens is 196 g/mol. The van der Waals surface area contributed by atoms with E-state index in [1.165, 1.54) is 0 Å². The molecule has 98 valence electrons. The molecule has 2 unspecified atom stereocenters. The van der Waals surface area contributed by atoms with Gasteiger partial charge in [0.05, 0.1) is 0 Å². The van der Waals surface area contributed by atoms with Gasteiger partial charge < -0.3 is 11.5 Å². The van der Waals surface area contributed by atoms with Crippen LogP contribution in [-0.2, 0) is 0 Å². The van der Waals surface area contributed by atoms with Crippen molar-refractivity contribution in [3.05, 3.63) is 0 Å². The Hall–Kier alpha value is -0.0800. The van der Waals surface area contributed by atoms with Crippen LogP contribution in [0.3, 0.4) is 0 Å². The summed E-state index contributed by atoms with van der Waals surface area (Å²) in [4.78, 5) is 0. The minimum Gasteiger partial charge on any atom is -0.329 e. The van der Waals surface area contributed by atoms with Crippen LogP contribution in [0.4, 0.5) is 0 Å². The molecule has 2 heteroatoms. The first-order valence-corrected chi connectivity index (χ1v) is 6.70. The topological polar surface area (TPSA) is 52.0 Å². The molecule has 2 nitrogen and oxygen atoms in total. The molecule has 0 heterocycles. The molecule has 0 rings (SSSR count). The minimum absolute atomic E-state index is 0.173. The van der Waals surface area contributed by atoms with Crippen molar-refractivity contribution < 1.29 is 0 Å². The van der Waals surface area contributed by atoms with E-state index in [9.17, 15) is 0 Å². The van der Waals surface area contributed by atoms with E-state index in [0.29, 0.717) is 30.2 Å². The van der Waals surface area contributed by atoms with Crippen molar-refractivity contribution in [2.45, 2.75) is 59.9 Å². The maximum Gasteiger partial charge on any atom is 0.0283 e. The molecule has 0 aliphatic carbocycles. The maximum atomic E-state index is 6.45. The van der Waals surface area contributed by atoms with Gasteiger partial charge in [-0.25, -0.2) is 0 Å². The molecule has 0 saturated heterocycles. The second kappa shape index (κ2) is 6.61. The van der Waals surface area contributed by atoms with Crippen LogP contribution in [-0.4, -0.2) is 12.1 Å². The summed E-state index contributed by atoms with van der Waals surface area (Å²) >= 11 is 0. The Balaban J connectivity index is 4.41. The average molecular weight is 228 g/mol. The normalized spacial score (nSPS) is 19.9. The third kappa shape index (κ3) is 5.31. The minimum atomic E-state index is -0.173. The van der Waals surface area contributed by atoms with Crippen LogP contribution in [0.1, 0.15) is 54.4 Å². The molecule has 0 spiro atoms. The van der Waals surface area contributed by atoms with Gasteiger partial charge in [0, 0.05) is 12.1 Å². The summed E-state index contributed by atoms with van der Waals surface area (Å²) in [6, 6.07) is 0. The molecule has 0 aromatic carbocycles. The van der Waals surface area contributed by atoms with Crippen molar-refractivity contribution in [3.8, 4) is 0 Å². The average Bonchev–Trinajstić information content (AvgIpc) is 2.17. The predicted octanol–water partition coefficient (Wildman–Crippen LogP) is 3.01. The van der Waals surface area contributed by atoms with Crippen molar-refractivity contribution in [2.24, 2.45) is 35.1 Å². The summed E-state index contributed by atoms with van der Waals surface area (Å²) in [5.41, 5.74) is 12.2. The van der Waals surface area contributed by atoms with Gasteiger partial charge >= 0.3 is 0 Å². The smallest absolute Gasteiger partial charge is 0.0283 e. The van der Waals surface area contributed by atoms with E-state index in [1.807, 2.05) is 0 Å². The van der Waals surface area contributed by atoms with E-state index in [4.69, 9.17) is 11.5 Å². The summed E-state index contributed by atoms with van der Waals surface area (Å²) in [6.07, 6.45) is 2.08. The molecule has 4 N–H and O–H groups in total. The predicted molar refractivity (Wildman–Crippen MR) is 73.2 cm³/mol. The molecule has 2 atom stereocenters. The van der Waals surface area contributed by atoms with Crippen LogP contribution < -0.4 is 11.5 Å². The van der Waals surface area contributed by atoms with Crippen molar-refractivity contribution in [2.75, 3.05) is 6.54 Å². The highest BCUT2D eigenvalue weighted by Crippen LogP contribution is 2.28. The third-order valence-corrected chi connectivity index (χ3v) is 4.14. The monoisotopic (exact) mass is 228 g/mol. The molecule has 0 aliphatic rings. The lowest BCUT2D eigenvalue weighted by Crippen LogP contribution is -2.50. The zero-order valence-electron chi connectivity index (χ0n) is 12.1. The lowest BCUT2D eigenvalue weighted by atomic mass is 9.76. The van der Waals surface area contributed by atoms with Crippen molar-refractivity contribution in [1.82, 2.24) is 0 Å². The van der Waals surface area contributed by atoms with E-state index in [1.54, 1.807) is 0 Å². The summed E-state index contributed by atoms with van der Waals surface area (Å²) in [5.74, 6) is 2.66. The number of hydrogen-bond donors (Lipinski definition) is 2. The van der Waals surface area contributed by atoms with E-state index in [-0.39, 0.29) is 5.54 Å². The molecule has 16 heavy (non-hydrogen) atoms. The molecule has 0 saturated carbocycles.